The normalized spacial score (nSPS) is 12.6. The Morgan fingerprint density at radius 1 is 1.18 bits per heavy atom. The van der Waals surface area contributed by atoms with E-state index < -0.39 is 10.0 Å². The zero-order valence-electron chi connectivity index (χ0n) is 12.2. The number of hydrogen-bond donors (Lipinski definition) is 2. The molecular weight excluding hydrogens is 320 g/mol. The summed E-state index contributed by atoms with van der Waals surface area (Å²) in [6.45, 7) is 1.88. The van der Waals surface area contributed by atoms with Gasteiger partial charge >= 0.3 is 0 Å². The first kappa shape index (κ1) is 16.5. The molecule has 2 aromatic rings. The molecule has 1 amide bonds. The number of benzene rings is 1. The Hall–Kier alpha value is -1.86. The third-order valence-electron chi connectivity index (χ3n) is 3.08. The zero-order chi connectivity index (χ0) is 16.0. The molecule has 0 fully saturated rings. The van der Waals surface area contributed by atoms with Crippen molar-refractivity contribution in [2.24, 2.45) is 0 Å². The van der Waals surface area contributed by atoms with Gasteiger partial charge < -0.3 is 5.32 Å². The van der Waals surface area contributed by atoms with Gasteiger partial charge in [-0.25, -0.2) is 8.42 Å². The quantitative estimate of drug-likeness (QED) is 0.814. The molecule has 0 unspecified atom stereocenters. The number of anilines is 1. The molecule has 0 saturated heterocycles. The third kappa shape index (κ3) is 4.85. The predicted molar refractivity (Wildman–Crippen MR) is 89.6 cm³/mol. The Labute approximate surface area is 134 Å². The first-order chi connectivity index (χ1) is 10.5. The van der Waals surface area contributed by atoms with Gasteiger partial charge in [0.05, 0.1) is 11.7 Å². The van der Waals surface area contributed by atoms with E-state index >= 15 is 0 Å². The molecular formula is C15H18N2O3S2. The highest BCUT2D eigenvalue weighted by atomic mass is 32.2. The highest BCUT2D eigenvalue weighted by Gasteiger charge is 2.17. The number of nitrogens with one attached hydrogen (secondary N) is 2. The topological polar surface area (TPSA) is 75.3 Å². The van der Waals surface area contributed by atoms with E-state index in [-0.39, 0.29) is 24.1 Å². The van der Waals surface area contributed by atoms with Crippen molar-refractivity contribution in [1.82, 2.24) is 5.32 Å². The minimum absolute atomic E-state index is 0.0801. The van der Waals surface area contributed by atoms with E-state index in [2.05, 4.69) is 10.0 Å². The maximum absolute atomic E-state index is 12.0. The van der Waals surface area contributed by atoms with Crippen LogP contribution in [0, 0.1) is 0 Å². The molecule has 5 nitrogen and oxygen atoms in total. The van der Waals surface area contributed by atoms with Crippen LogP contribution in [0.25, 0.3) is 0 Å². The molecule has 0 radical (unpaired) electrons. The molecule has 1 aromatic carbocycles. The van der Waals surface area contributed by atoms with E-state index in [1.54, 1.807) is 31.2 Å². The molecule has 7 heteroatoms. The van der Waals surface area contributed by atoms with Crippen molar-refractivity contribution in [2.75, 3.05) is 17.0 Å². The van der Waals surface area contributed by atoms with Gasteiger partial charge in [0.2, 0.25) is 15.9 Å². The number of carbonyl (C=O) groups excluding carboxylic acids is 1. The van der Waals surface area contributed by atoms with Gasteiger partial charge in [-0.15, -0.1) is 11.3 Å². The molecule has 22 heavy (non-hydrogen) atoms. The number of rotatable bonds is 7. The SMILES string of the molecule is C[C@@H](C(=O)NCCS(=O)(=O)Nc1ccccc1)c1cccs1. The molecule has 2 N–H and O–H groups in total. The number of hydrogen-bond acceptors (Lipinski definition) is 4. The van der Waals surface area contributed by atoms with E-state index in [9.17, 15) is 13.2 Å². The average molecular weight is 338 g/mol. The Morgan fingerprint density at radius 2 is 1.91 bits per heavy atom. The van der Waals surface area contributed by atoms with Gasteiger partial charge in [0.15, 0.2) is 0 Å². The van der Waals surface area contributed by atoms with Gasteiger partial charge in [-0.05, 0) is 30.5 Å². The highest BCUT2D eigenvalue weighted by Crippen LogP contribution is 2.20. The van der Waals surface area contributed by atoms with Crippen molar-refractivity contribution in [3.8, 4) is 0 Å². The van der Waals surface area contributed by atoms with Gasteiger partial charge in [0.25, 0.3) is 0 Å². The molecule has 118 valence electrons. The average Bonchev–Trinajstić information content (AvgIpc) is 3.00. The molecule has 2 rings (SSSR count). The zero-order valence-corrected chi connectivity index (χ0v) is 13.8. The smallest absolute Gasteiger partial charge is 0.234 e. The molecule has 0 saturated carbocycles. The Morgan fingerprint density at radius 3 is 2.55 bits per heavy atom. The number of carbonyl (C=O) groups is 1. The van der Waals surface area contributed by atoms with Crippen LogP contribution in [0.2, 0.25) is 0 Å². The number of sulfonamides is 1. The van der Waals surface area contributed by atoms with Crippen LogP contribution in [0.15, 0.2) is 47.8 Å². The molecule has 0 bridgehead atoms. The monoisotopic (exact) mass is 338 g/mol. The van der Waals surface area contributed by atoms with E-state index in [0.29, 0.717) is 5.69 Å². The van der Waals surface area contributed by atoms with Crippen LogP contribution >= 0.6 is 11.3 Å². The minimum Gasteiger partial charge on any atom is -0.354 e. The van der Waals surface area contributed by atoms with E-state index in [0.717, 1.165) is 4.88 Å². The van der Waals surface area contributed by atoms with Crippen molar-refractivity contribution in [3.05, 3.63) is 52.7 Å². The fraction of sp³-hybridized carbons (Fsp3) is 0.267. The number of amides is 1. The molecule has 1 atom stereocenters. The Bertz CT molecular complexity index is 698. The van der Waals surface area contributed by atoms with Crippen molar-refractivity contribution < 1.29 is 13.2 Å². The second-order valence-electron chi connectivity index (χ2n) is 4.82. The summed E-state index contributed by atoms with van der Waals surface area (Å²) in [5.41, 5.74) is 0.515. The largest absolute Gasteiger partial charge is 0.354 e. The minimum atomic E-state index is -3.47. The first-order valence-electron chi connectivity index (χ1n) is 6.84. The van der Waals surface area contributed by atoms with Gasteiger partial charge in [-0.2, -0.15) is 0 Å². The summed E-state index contributed by atoms with van der Waals surface area (Å²) in [5.74, 6) is -0.604. The van der Waals surface area contributed by atoms with E-state index in [4.69, 9.17) is 0 Å². The summed E-state index contributed by atoms with van der Waals surface area (Å²) in [6, 6.07) is 12.4. The van der Waals surface area contributed by atoms with Crippen molar-refractivity contribution in [2.45, 2.75) is 12.8 Å². The van der Waals surface area contributed by atoms with Crippen LogP contribution in [-0.2, 0) is 14.8 Å². The first-order valence-corrected chi connectivity index (χ1v) is 9.38. The number of para-hydroxylation sites is 1. The van der Waals surface area contributed by atoms with Crippen molar-refractivity contribution >= 4 is 33.0 Å². The lowest BCUT2D eigenvalue weighted by Crippen LogP contribution is -2.33. The van der Waals surface area contributed by atoms with Crippen LogP contribution in [0.1, 0.15) is 17.7 Å². The van der Waals surface area contributed by atoms with Gasteiger partial charge in [0.1, 0.15) is 0 Å². The summed E-state index contributed by atoms with van der Waals surface area (Å²) in [4.78, 5) is 12.9. The fourth-order valence-electron chi connectivity index (χ4n) is 1.87. The maximum Gasteiger partial charge on any atom is 0.234 e. The standard InChI is InChI=1S/C15H18N2O3S2/c1-12(14-8-5-10-21-14)15(18)16-9-11-22(19,20)17-13-6-3-2-4-7-13/h2-8,10,12,17H,9,11H2,1H3,(H,16,18)/t12-/m1/s1. The molecule has 0 spiro atoms. The van der Waals surface area contributed by atoms with Crippen LogP contribution in [0.5, 0.6) is 0 Å². The summed E-state index contributed by atoms with van der Waals surface area (Å²) in [7, 11) is -3.47. The molecule has 0 aliphatic rings. The van der Waals surface area contributed by atoms with Crippen molar-refractivity contribution in [1.29, 1.82) is 0 Å². The summed E-state index contributed by atoms with van der Waals surface area (Å²) in [6.07, 6.45) is 0. The second kappa shape index (κ2) is 7.42. The molecule has 1 aromatic heterocycles. The molecule has 1 heterocycles. The lowest BCUT2D eigenvalue weighted by atomic mass is 10.1. The Kier molecular flexibility index (Phi) is 5.57. The lowest BCUT2D eigenvalue weighted by Gasteiger charge is -2.11. The summed E-state index contributed by atoms with van der Waals surface area (Å²) < 4.78 is 26.3. The van der Waals surface area contributed by atoms with E-state index in [1.807, 2.05) is 23.6 Å². The van der Waals surface area contributed by atoms with Gasteiger partial charge in [-0.1, -0.05) is 24.3 Å². The van der Waals surface area contributed by atoms with Crippen LogP contribution in [-0.4, -0.2) is 26.6 Å². The number of thiophene rings is 1. The van der Waals surface area contributed by atoms with Gasteiger partial charge in [-0.3, -0.25) is 9.52 Å². The van der Waals surface area contributed by atoms with Crippen molar-refractivity contribution in [3.63, 3.8) is 0 Å². The highest BCUT2D eigenvalue weighted by molar-refractivity contribution is 7.92. The van der Waals surface area contributed by atoms with Gasteiger partial charge in [0, 0.05) is 17.1 Å². The van der Waals surface area contributed by atoms with E-state index in [1.165, 1.54) is 11.3 Å². The fourth-order valence-corrected chi connectivity index (χ4v) is 3.62. The summed E-state index contributed by atoms with van der Waals surface area (Å²) >= 11 is 1.51. The van der Waals surface area contributed by atoms with Crippen LogP contribution < -0.4 is 10.0 Å². The molecule has 0 aliphatic carbocycles. The third-order valence-corrected chi connectivity index (χ3v) is 5.42. The van der Waals surface area contributed by atoms with Crippen LogP contribution in [0.3, 0.4) is 0 Å². The summed E-state index contributed by atoms with van der Waals surface area (Å²) in [5, 5.41) is 4.57. The Balaban J connectivity index is 1.81. The van der Waals surface area contributed by atoms with Crippen LogP contribution in [0.4, 0.5) is 5.69 Å². The molecule has 0 aliphatic heterocycles. The lowest BCUT2D eigenvalue weighted by molar-refractivity contribution is -0.122. The maximum atomic E-state index is 12.0. The second-order valence-corrected chi connectivity index (χ2v) is 7.64. The predicted octanol–water partition coefficient (Wildman–Crippen LogP) is 2.41.